The second-order valence-corrected chi connectivity index (χ2v) is 7.29. The van der Waals surface area contributed by atoms with Gasteiger partial charge in [0.1, 0.15) is 5.15 Å². The van der Waals surface area contributed by atoms with Crippen molar-refractivity contribution in [2.75, 3.05) is 0 Å². The molecule has 4 nitrogen and oxygen atoms in total. The van der Waals surface area contributed by atoms with Crippen molar-refractivity contribution in [1.29, 1.82) is 0 Å². The van der Waals surface area contributed by atoms with Gasteiger partial charge >= 0.3 is 0 Å². The molecule has 0 unspecified atom stereocenters. The predicted octanol–water partition coefficient (Wildman–Crippen LogP) is 4.42. The first-order valence-electron chi connectivity index (χ1n) is 7.69. The third kappa shape index (κ3) is 4.08. The van der Waals surface area contributed by atoms with Gasteiger partial charge in [0.15, 0.2) is 5.16 Å². The lowest BCUT2D eigenvalue weighted by Gasteiger charge is -2.13. The number of hydrogen-bond donors (Lipinski definition) is 1. The second-order valence-electron chi connectivity index (χ2n) is 5.56. The van der Waals surface area contributed by atoms with Gasteiger partial charge in [-0.1, -0.05) is 47.8 Å². The van der Waals surface area contributed by atoms with Crippen LogP contribution in [-0.2, 0) is 18.6 Å². The summed E-state index contributed by atoms with van der Waals surface area (Å²) in [5.41, 5.74) is 2.55. The highest BCUT2D eigenvalue weighted by molar-refractivity contribution is 7.98. The maximum atomic E-state index is 12.3. The van der Waals surface area contributed by atoms with Gasteiger partial charge < -0.3 is 4.98 Å². The normalized spacial score (nSPS) is 14.9. The Kier molecular flexibility index (Phi) is 5.62. The summed E-state index contributed by atoms with van der Waals surface area (Å²) in [6.45, 7) is 0. The molecular weight excluding hydrogens is 353 g/mol. The molecule has 122 valence electrons. The lowest BCUT2D eigenvalue weighted by atomic mass is 9.98. The fraction of sp³-hybridized carbons (Fsp3) is 0.438. The third-order valence-electron chi connectivity index (χ3n) is 3.97. The summed E-state index contributed by atoms with van der Waals surface area (Å²) in [5.74, 6) is 0.521. The molecule has 2 aromatic heterocycles. The molecular formula is C16H17Cl2N3OS. The number of halogens is 2. The van der Waals surface area contributed by atoms with E-state index >= 15 is 0 Å². The highest BCUT2D eigenvalue weighted by atomic mass is 35.5. The number of rotatable bonds is 3. The van der Waals surface area contributed by atoms with Crippen LogP contribution in [0.25, 0.3) is 0 Å². The standard InChI is InChI=1S/C16H17Cl2N3OS/c17-12-7-8-19-14(18)11(12)9-23-16-20-13-6-4-2-1-3-5-10(13)15(22)21-16/h7-8H,1-6,9H2,(H,20,21,22). The first-order chi connectivity index (χ1) is 11.1. The van der Waals surface area contributed by atoms with E-state index in [4.69, 9.17) is 23.2 Å². The van der Waals surface area contributed by atoms with Crippen molar-refractivity contribution in [2.24, 2.45) is 0 Å². The number of thioether (sulfide) groups is 1. The number of aryl methyl sites for hydroxylation is 1. The average Bonchev–Trinajstić information content (AvgIpc) is 2.48. The summed E-state index contributed by atoms with van der Waals surface area (Å²) < 4.78 is 0. The largest absolute Gasteiger partial charge is 0.301 e. The number of pyridine rings is 1. The van der Waals surface area contributed by atoms with Crippen molar-refractivity contribution in [2.45, 2.75) is 49.4 Å². The van der Waals surface area contributed by atoms with E-state index in [9.17, 15) is 4.79 Å². The Bertz CT molecular complexity index is 743. The summed E-state index contributed by atoms with van der Waals surface area (Å²) in [5, 5.41) is 1.58. The third-order valence-corrected chi connectivity index (χ3v) is 5.55. The summed E-state index contributed by atoms with van der Waals surface area (Å²) in [7, 11) is 0. The van der Waals surface area contributed by atoms with Crippen LogP contribution in [-0.4, -0.2) is 15.0 Å². The average molecular weight is 370 g/mol. The number of aromatic amines is 1. The quantitative estimate of drug-likeness (QED) is 0.494. The topological polar surface area (TPSA) is 58.6 Å². The minimum atomic E-state index is -0.0113. The zero-order valence-corrected chi connectivity index (χ0v) is 14.9. The fourth-order valence-corrected chi connectivity index (χ4v) is 4.27. The highest BCUT2D eigenvalue weighted by Crippen LogP contribution is 2.29. The van der Waals surface area contributed by atoms with Gasteiger partial charge in [0.05, 0.1) is 5.69 Å². The van der Waals surface area contributed by atoms with Gasteiger partial charge in [-0.3, -0.25) is 4.79 Å². The van der Waals surface area contributed by atoms with Gasteiger partial charge in [0.25, 0.3) is 5.56 Å². The van der Waals surface area contributed by atoms with Crippen LogP contribution in [0.4, 0.5) is 0 Å². The van der Waals surface area contributed by atoms with Crippen LogP contribution in [0.15, 0.2) is 22.2 Å². The predicted molar refractivity (Wildman–Crippen MR) is 94.6 cm³/mol. The lowest BCUT2D eigenvalue weighted by molar-refractivity contribution is 0.597. The lowest BCUT2D eigenvalue weighted by Crippen LogP contribution is -2.20. The molecule has 0 radical (unpaired) electrons. The van der Waals surface area contributed by atoms with Crippen molar-refractivity contribution in [3.05, 3.63) is 49.6 Å². The van der Waals surface area contributed by atoms with Crippen LogP contribution in [0.1, 0.15) is 42.5 Å². The molecule has 0 atom stereocenters. The molecule has 0 saturated carbocycles. The van der Waals surface area contributed by atoms with Gasteiger partial charge in [-0.05, 0) is 31.7 Å². The molecule has 23 heavy (non-hydrogen) atoms. The molecule has 7 heteroatoms. The van der Waals surface area contributed by atoms with Gasteiger partial charge in [0, 0.05) is 28.1 Å². The minimum Gasteiger partial charge on any atom is -0.301 e. The summed E-state index contributed by atoms with van der Waals surface area (Å²) in [6, 6.07) is 1.71. The Morgan fingerprint density at radius 3 is 2.74 bits per heavy atom. The Balaban J connectivity index is 1.82. The van der Waals surface area contributed by atoms with Crippen molar-refractivity contribution >= 4 is 35.0 Å². The molecule has 0 spiro atoms. The van der Waals surface area contributed by atoms with Crippen LogP contribution < -0.4 is 5.56 Å². The maximum Gasteiger partial charge on any atom is 0.254 e. The maximum absolute atomic E-state index is 12.3. The second kappa shape index (κ2) is 7.69. The SMILES string of the molecule is O=c1[nH]c(SCc2c(Cl)ccnc2Cl)nc2c1CCCCCC2. The first-order valence-corrected chi connectivity index (χ1v) is 9.43. The highest BCUT2D eigenvalue weighted by Gasteiger charge is 2.15. The first kappa shape index (κ1) is 16.8. The number of nitrogens with one attached hydrogen (secondary N) is 1. The molecule has 0 fully saturated rings. The Morgan fingerprint density at radius 1 is 1.17 bits per heavy atom. The van der Waals surface area contributed by atoms with Gasteiger partial charge in [0.2, 0.25) is 0 Å². The van der Waals surface area contributed by atoms with E-state index in [2.05, 4.69) is 15.0 Å². The Morgan fingerprint density at radius 2 is 1.96 bits per heavy atom. The summed E-state index contributed by atoms with van der Waals surface area (Å²) in [4.78, 5) is 23.9. The van der Waals surface area contributed by atoms with Crippen molar-refractivity contribution in [1.82, 2.24) is 15.0 Å². The van der Waals surface area contributed by atoms with E-state index < -0.39 is 0 Å². The zero-order chi connectivity index (χ0) is 16.2. The van der Waals surface area contributed by atoms with Crippen molar-refractivity contribution in [3.8, 4) is 0 Å². The monoisotopic (exact) mass is 369 g/mol. The van der Waals surface area contributed by atoms with E-state index in [-0.39, 0.29) is 5.56 Å². The number of hydrogen-bond acceptors (Lipinski definition) is 4. The molecule has 0 aliphatic heterocycles. The number of fused-ring (bicyclic) bond motifs is 1. The smallest absolute Gasteiger partial charge is 0.254 e. The van der Waals surface area contributed by atoms with E-state index in [0.717, 1.165) is 42.5 Å². The number of H-pyrrole nitrogens is 1. The van der Waals surface area contributed by atoms with E-state index in [1.165, 1.54) is 24.6 Å². The summed E-state index contributed by atoms with van der Waals surface area (Å²) in [6.07, 6.45) is 7.82. The van der Waals surface area contributed by atoms with Crippen LogP contribution in [0, 0.1) is 0 Å². The van der Waals surface area contributed by atoms with Crippen LogP contribution >= 0.6 is 35.0 Å². The molecule has 0 saturated heterocycles. The van der Waals surface area contributed by atoms with E-state index in [0.29, 0.717) is 21.1 Å². The summed E-state index contributed by atoms with van der Waals surface area (Å²) >= 11 is 13.7. The van der Waals surface area contributed by atoms with Crippen LogP contribution in [0.5, 0.6) is 0 Å². The van der Waals surface area contributed by atoms with Gasteiger partial charge in [-0.15, -0.1) is 0 Å². The molecule has 1 aliphatic rings. The van der Waals surface area contributed by atoms with Crippen LogP contribution in [0.3, 0.4) is 0 Å². The molecule has 2 heterocycles. The number of nitrogens with zero attached hydrogens (tertiary/aromatic N) is 2. The zero-order valence-electron chi connectivity index (χ0n) is 12.6. The molecule has 0 bridgehead atoms. The molecule has 0 amide bonds. The minimum absolute atomic E-state index is 0.0113. The molecule has 1 aliphatic carbocycles. The van der Waals surface area contributed by atoms with Crippen molar-refractivity contribution < 1.29 is 0 Å². The number of aromatic nitrogens is 3. The molecule has 2 aromatic rings. The fourth-order valence-electron chi connectivity index (χ4n) is 2.72. The molecule has 3 rings (SSSR count). The van der Waals surface area contributed by atoms with Crippen LogP contribution in [0.2, 0.25) is 10.2 Å². The van der Waals surface area contributed by atoms with Gasteiger partial charge in [-0.25, -0.2) is 9.97 Å². The van der Waals surface area contributed by atoms with Gasteiger partial charge in [-0.2, -0.15) is 0 Å². The molecule has 0 aromatic carbocycles. The van der Waals surface area contributed by atoms with E-state index in [1.807, 2.05) is 0 Å². The molecule has 1 N–H and O–H groups in total. The van der Waals surface area contributed by atoms with E-state index in [1.54, 1.807) is 12.3 Å². The Hall–Kier alpha value is -1.04. The Labute approximate surface area is 149 Å². The van der Waals surface area contributed by atoms with Crippen molar-refractivity contribution in [3.63, 3.8) is 0 Å².